The van der Waals surface area contributed by atoms with Crippen molar-refractivity contribution >= 4 is 5.78 Å². The Kier molecular flexibility index (Phi) is 3.47. The van der Waals surface area contributed by atoms with Crippen LogP contribution in [0.15, 0.2) is 24.8 Å². The van der Waals surface area contributed by atoms with Crippen LogP contribution in [0.3, 0.4) is 0 Å². The molecule has 0 spiro atoms. The van der Waals surface area contributed by atoms with Gasteiger partial charge in [0.2, 0.25) is 0 Å². The van der Waals surface area contributed by atoms with Gasteiger partial charge in [-0.15, -0.1) is 6.58 Å². The Labute approximate surface area is 90.8 Å². The molecule has 0 amide bonds. The van der Waals surface area contributed by atoms with E-state index in [1.165, 1.54) is 0 Å². The van der Waals surface area contributed by atoms with Gasteiger partial charge in [-0.05, 0) is 20.8 Å². The second kappa shape index (κ2) is 4.29. The maximum Gasteiger partial charge on any atom is 0.168 e. The average Bonchev–Trinajstić information content (AvgIpc) is 2.40. The van der Waals surface area contributed by atoms with E-state index in [0.717, 1.165) is 5.57 Å². The van der Waals surface area contributed by atoms with Crippen LogP contribution in [0, 0.1) is 0 Å². The highest BCUT2D eigenvalue weighted by atomic mass is 16.8. The number of hydrogen-bond acceptors (Lipinski definition) is 3. The fourth-order valence-electron chi connectivity index (χ4n) is 1.61. The molecule has 84 valence electrons. The predicted octanol–water partition coefficient (Wildman–Crippen LogP) is 2.23. The Bertz CT molecular complexity index is 291. The number of allylic oxidation sites excluding steroid dienone is 1. The molecule has 1 rings (SSSR count). The first-order valence-electron chi connectivity index (χ1n) is 5.01. The quantitative estimate of drug-likeness (QED) is 0.667. The lowest BCUT2D eigenvalue weighted by Crippen LogP contribution is -2.30. The van der Waals surface area contributed by atoms with Crippen molar-refractivity contribution < 1.29 is 14.3 Å². The molecule has 0 radical (unpaired) electrons. The molecule has 0 N–H and O–H groups in total. The molecule has 1 fully saturated rings. The van der Waals surface area contributed by atoms with Crippen LogP contribution in [-0.4, -0.2) is 23.8 Å². The smallest absolute Gasteiger partial charge is 0.168 e. The Morgan fingerprint density at radius 1 is 1.47 bits per heavy atom. The predicted molar refractivity (Wildman–Crippen MR) is 58.5 cm³/mol. The highest BCUT2D eigenvalue weighted by molar-refractivity contribution is 5.86. The van der Waals surface area contributed by atoms with Gasteiger partial charge in [0.05, 0.1) is 0 Å². The van der Waals surface area contributed by atoms with Gasteiger partial charge in [0.25, 0.3) is 0 Å². The lowest BCUT2D eigenvalue weighted by molar-refractivity contribution is -0.153. The van der Waals surface area contributed by atoms with E-state index in [0.29, 0.717) is 6.42 Å². The number of hydrogen-bond donors (Lipinski definition) is 0. The van der Waals surface area contributed by atoms with E-state index in [4.69, 9.17) is 9.47 Å². The van der Waals surface area contributed by atoms with E-state index in [-0.39, 0.29) is 11.9 Å². The van der Waals surface area contributed by atoms with E-state index < -0.39 is 11.9 Å². The first-order valence-corrected chi connectivity index (χ1v) is 5.01. The summed E-state index contributed by atoms with van der Waals surface area (Å²) in [5.41, 5.74) is 0.830. The summed E-state index contributed by atoms with van der Waals surface area (Å²) in [7, 11) is 0. The van der Waals surface area contributed by atoms with Gasteiger partial charge in [-0.2, -0.15) is 0 Å². The Morgan fingerprint density at radius 2 is 2.07 bits per heavy atom. The summed E-state index contributed by atoms with van der Waals surface area (Å²) in [6.45, 7) is 12.8. The summed E-state index contributed by atoms with van der Waals surface area (Å²) in [6, 6.07) is 0. The van der Waals surface area contributed by atoms with Gasteiger partial charge in [-0.3, -0.25) is 4.79 Å². The summed E-state index contributed by atoms with van der Waals surface area (Å²) in [6.07, 6.45) is 1.03. The number of ketones is 1. The first-order chi connectivity index (χ1) is 6.85. The second-order valence-corrected chi connectivity index (χ2v) is 4.36. The molecule has 0 bridgehead atoms. The third-order valence-corrected chi connectivity index (χ3v) is 2.15. The van der Waals surface area contributed by atoms with Crippen molar-refractivity contribution in [3.8, 4) is 0 Å². The summed E-state index contributed by atoms with van der Waals surface area (Å²) >= 11 is 0. The largest absolute Gasteiger partial charge is 0.340 e. The molecule has 1 aliphatic heterocycles. The Morgan fingerprint density at radius 3 is 2.53 bits per heavy atom. The van der Waals surface area contributed by atoms with Crippen LogP contribution in [-0.2, 0) is 14.3 Å². The van der Waals surface area contributed by atoms with Crippen LogP contribution in [0.25, 0.3) is 0 Å². The van der Waals surface area contributed by atoms with Gasteiger partial charge in [0.15, 0.2) is 11.6 Å². The maximum atomic E-state index is 11.8. The van der Waals surface area contributed by atoms with Crippen molar-refractivity contribution in [3.05, 3.63) is 24.8 Å². The van der Waals surface area contributed by atoms with E-state index in [1.807, 2.05) is 6.92 Å². The van der Waals surface area contributed by atoms with Gasteiger partial charge in [0.1, 0.15) is 12.2 Å². The zero-order valence-electron chi connectivity index (χ0n) is 9.58. The minimum absolute atomic E-state index is 0.00187. The average molecular weight is 210 g/mol. The number of ether oxygens (including phenoxy) is 2. The summed E-state index contributed by atoms with van der Waals surface area (Å²) < 4.78 is 11.1. The molecule has 0 aromatic carbocycles. The Hall–Kier alpha value is -0.930. The number of Topliss-reactive ketones (excluding diaryl/α,β-unsaturated/α-hetero) is 1. The molecule has 0 aliphatic carbocycles. The standard InChI is InChI=1S/C12H18O3/c1-6-10-11(9(13)7-8(2)3)15-12(4,5)14-10/h6,10-11H,1-2,7H2,3-5H3/t10-,11+/m1/s1. The van der Waals surface area contributed by atoms with Crippen molar-refractivity contribution in [2.45, 2.75) is 45.2 Å². The van der Waals surface area contributed by atoms with Crippen LogP contribution in [0.5, 0.6) is 0 Å². The highest BCUT2D eigenvalue weighted by Crippen LogP contribution is 2.30. The molecule has 1 saturated heterocycles. The third-order valence-electron chi connectivity index (χ3n) is 2.15. The molecular formula is C12H18O3. The van der Waals surface area contributed by atoms with Crippen LogP contribution in [0.2, 0.25) is 0 Å². The third kappa shape index (κ3) is 3.01. The number of carbonyl (C=O) groups excluding carboxylic acids is 1. The number of carbonyl (C=O) groups is 1. The fourth-order valence-corrected chi connectivity index (χ4v) is 1.61. The van der Waals surface area contributed by atoms with Crippen molar-refractivity contribution in [2.24, 2.45) is 0 Å². The van der Waals surface area contributed by atoms with Crippen LogP contribution >= 0.6 is 0 Å². The molecular weight excluding hydrogens is 192 g/mol. The van der Waals surface area contributed by atoms with Crippen molar-refractivity contribution in [3.63, 3.8) is 0 Å². The highest BCUT2D eigenvalue weighted by Gasteiger charge is 2.43. The molecule has 0 aromatic rings. The monoisotopic (exact) mass is 210 g/mol. The van der Waals surface area contributed by atoms with E-state index in [2.05, 4.69) is 13.2 Å². The molecule has 1 heterocycles. The van der Waals surface area contributed by atoms with Crippen molar-refractivity contribution in [1.29, 1.82) is 0 Å². The van der Waals surface area contributed by atoms with Gasteiger partial charge in [0, 0.05) is 6.42 Å². The maximum absolute atomic E-state index is 11.8. The van der Waals surface area contributed by atoms with Crippen LogP contribution in [0.1, 0.15) is 27.2 Å². The van der Waals surface area contributed by atoms with E-state index >= 15 is 0 Å². The molecule has 2 atom stereocenters. The van der Waals surface area contributed by atoms with E-state index in [1.54, 1.807) is 19.9 Å². The minimum Gasteiger partial charge on any atom is -0.340 e. The van der Waals surface area contributed by atoms with Gasteiger partial charge >= 0.3 is 0 Å². The normalized spacial score (nSPS) is 28.7. The van der Waals surface area contributed by atoms with Crippen molar-refractivity contribution in [2.75, 3.05) is 0 Å². The molecule has 0 saturated carbocycles. The first kappa shape index (κ1) is 12.1. The van der Waals surface area contributed by atoms with Gasteiger partial charge in [-0.25, -0.2) is 0 Å². The zero-order valence-corrected chi connectivity index (χ0v) is 9.58. The second-order valence-electron chi connectivity index (χ2n) is 4.36. The topological polar surface area (TPSA) is 35.5 Å². The SMILES string of the molecule is C=C[C@H]1OC(C)(C)O[C@H]1C(=O)CC(=C)C. The fraction of sp³-hybridized carbons (Fsp3) is 0.583. The molecule has 1 aliphatic rings. The summed E-state index contributed by atoms with van der Waals surface area (Å²) in [5.74, 6) is -0.716. The lowest BCUT2D eigenvalue weighted by atomic mass is 10.0. The molecule has 3 nitrogen and oxygen atoms in total. The zero-order chi connectivity index (χ0) is 11.6. The lowest BCUT2D eigenvalue weighted by Gasteiger charge is -2.16. The van der Waals surface area contributed by atoms with Crippen LogP contribution < -0.4 is 0 Å². The summed E-state index contributed by atoms with van der Waals surface area (Å²) in [5, 5.41) is 0. The molecule has 0 aromatic heterocycles. The number of rotatable bonds is 4. The van der Waals surface area contributed by atoms with Crippen molar-refractivity contribution in [1.82, 2.24) is 0 Å². The molecule has 15 heavy (non-hydrogen) atoms. The van der Waals surface area contributed by atoms with Gasteiger partial charge < -0.3 is 9.47 Å². The summed E-state index contributed by atoms with van der Waals surface area (Å²) in [4.78, 5) is 11.8. The van der Waals surface area contributed by atoms with E-state index in [9.17, 15) is 4.79 Å². The molecule has 0 unspecified atom stereocenters. The van der Waals surface area contributed by atoms with Crippen LogP contribution in [0.4, 0.5) is 0 Å². The van der Waals surface area contributed by atoms with Gasteiger partial charge in [-0.1, -0.05) is 18.2 Å². The Balaban J connectivity index is 2.72. The molecule has 3 heteroatoms. The minimum atomic E-state index is -0.714.